The first kappa shape index (κ1) is 15.5. The lowest BCUT2D eigenvalue weighted by Gasteiger charge is -2.30. The monoisotopic (exact) mass is 338 g/mol. The number of rotatable bonds is 4. The number of hydrogen-bond donors (Lipinski definition) is 1. The van der Waals surface area contributed by atoms with E-state index in [-0.39, 0.29) is 16.8 Å². The molecule has 3 rings (SSSR count). The van der Waals surface area contributed by atoms with Crippen molar-refractivity contribution in [3.05, 3.63) is 32.1 Å². The van der Waals surface area contributed by atoms with Gasteiger partial charge in [-0.2, -0.15) is 0 Å². The zero-order chi connectivity index (χ0) is 15.5. The Kier molecular flexibility index (Phi) is 4.75. The third kappa shape index (κ3) is 3.31. The van der Waals surface area contributed by atoms with Crippen molar-refractivity contribution < 1.29 is 9.53 Å². The quantitative estimate of drug-likeness (QED) is 0.870. The summed E-state index contributed by atoms with van der Waals surface area (Å²) in [5, 5.41) is 2.01. The van der Waals surface area contributed by atoms with Gasteiger partial charge < -0.3 is 9.72 Å². The first-order valence-corrected chi connectivity index (χ1v) is 8.93. The number of aromatic nitrogens is 1. The van der Waals surface area contributed by atoms with Crippen molar-refractivity contribution in [1.82, 2.24) is 9.88 Å². The summed E-state index contributed by atoms with van der Waals surface area (Å²) in [4.78, 5) is 30.7. The molecule has 0 amide bonds. The molecule has 0 bridgehead atoms. The topological polar surface area (TPSA) is 62.4 Å². The second-order valence-corrected chi connectivity index (χ2v) is 7.38. The van der Waals surface area contributed by atoms with E-state index >= 15 is 0 Å². The number of nitrogens with zero attached hydrogens (tertiary/aromatic N) is 1. The number of thiophene rings is 1. The fourth-order valence-corrected chi connectivity index (χ4v) is 4.49. The fourth-order valence-electron chi connectivity index (χ4n) is 2.79. The van der Waals surface area contributed by atoms with Crippen LogP contribution in [0.2, 0.25) is 0 Å². The second-order valence-electron chi connectivity index (χ2n) is 5.36. The van der Waals surface area contributed by atoms with Crippen LogP contribution in [0, 0.1) is 5.92 Å². The highest BCUT2D eigenvalue weighted by Gasteiger charge is 2.26. The maximum absolute atomic E-state index is 11.7. The molecule has 1 N–H and O–H groups in total. The van der Waals surface area contributed by atoms with Gasteiger partial charge in [-0.3, -0.25) is 14.5 Å². The second kappa shape index (κ2) is 6.76. The number of likely N-dealkylation sites (tertiary alicyclic amines) is 1. The molecule has 2 aromatic heterocycles. The summed E-state index contributed by atoms with van der Waals surface area (Å²) in [6.45, 7) is 2.47. The van der Waals surface area contributed by atoms with Gasteiger partial charge in [0.1, 0.15) is 0 Å². The van der Waals surface area contributed by atoms with E-state index in [0.717, 1.165) is 47.9 Å². The lowest BCUT2D eigenvalue weighted by atomic mass is 9.97. The van der Waals surface area contributed by atoms with Gasteiger partial charge in [-0.1, -0.05) is 17.4 Å². The van der Waals surface area contributed by atoms with E-state index in [4.69, 9.17) is 4.74 Å². The van der Waals surface area contributed by atoms with Crippen molar-refractivity contribution >= 4 is 28.6 Å². The van der Waals surface area contributed by atoms with E-state index in [0.29, 0.717) is 0 Å². The van der Waals surface area contributed by atoms with Gasteiger partial charge in [0.25, 0.3) is 0 Å². The van der Waals surface area contributed by atoms with Crippen LogP contribution in [-0.2, 0) is 16.1 Å². The maximum atomic E-state index is 11.7. The van der Waals surface area contributed by atoms with Crippen LogP contribution in [0.3, 0.4) is 0 Å². The summed E-state index contributed by atoms with van der Waals surface area (Å²) in [5.41, 5.74) is 0.945. The first-order valence-electron chi connectivity index (χ1n) is 7.23. The van der Waals surface area contributed by atoms with Crippen LogP contribution in [0.25, 0.3) is 10.6 Å². The molecule has 0 atom stereocenters. The molecule has 0 unspecified atom stereocenters. The van der Waals surface area contributed by atoms with Crippen LogP contribution in [0.1, 0.15) is 17.7 Å². The molecular weight excluding hydrogens is 320 g/mol. The summed E-state index contributed by atoms with van der Waals surface area (Å²) in [6, 6.07) is 4.01. The van der Waals surface area contributed by atoms with Crippen LogP contribution < -0.4 is 4.87 Å². The van der Waals surface area contributed by atoms with Gasteiger partial charge in [0, 0.05) is 11.4 Å². The molecule has 1 aliphatic heterocycles. The normalized spacial score (nSPS) is 16.8. The Morgan fingerprint density at radius 2 is 2.23 bits per heavy atom. The Hall–Kier alpha value is -1.44. The maximum Gasteiger partial charge on any atom is 0.308 e. The number of carbonyl (C=O) groups excluding carboxylic acids is 1. The molecule has 22 heavy (non-hydrogen) atoms. The van der Waals surface area contributed by atoms with Crippen molar-refractivity contribution in [2.45, 2.75) is 19.4 Å². The number of ether oxygens (including phenoxy) is 1. The predicted molar refractivity (Wildman–Crippen MR) is 88.3 cm³/mol. The highest BCUT2D eigenvalue weighted by molar-refractivity contribution is 7.14. The molecule has 118 valence electrons. The minimum absolute atomic E-state index is 0.0113. The van der Waals surface area contributed by atoms with Crippen molar-refractivity contribution in [1.29, 1.82) is 0 Å². The van der Waals surface area contributed by atoms with E-state index in [1.54, 1.807) is 11.3 Å². The molecule has 3 heterocycles. The molecule has 0 spiro atoms. The molecule has 1 saturated heterocycles. The zero-order valence-electron chi connectivity index (χ0n) is 12.3. The zero-order valence-corrected chi connectivity index (χ0v) is 14.0. The minimum Gasteiger partial charge on any atom is -0.469 e. The van der Waals surface area contributed by atoms with Gasteiger partial charge in [0.2, 0.25) is 0 Å². The average molecular weight is 338 g/mol. The van der Waals surface area contributed by atoms with E-state index < -0.39 is 0 Å². The number of esters is 1. The number of thiazole rings is 1. The number of carbonyl (C=O) groups is 1. The summed E-state index contributed by atoms with van der Waals surface area (Å²) < 4.78 is 4.81. The minimum atomic E-state index is -0.106. The SMILES string of the molecule is COC(=O)C1CCN(Cc2sc(=O)[nH]c2-c2cccs2)CC1. The van der Waals surface area contributed by atoms with Crippen molar-refractivity contribution in [2.24, 2.45) is 5.92 Å². The van der Waals surface area contributed by atoms with E-state index in [2.05, 4.69) is 9.88 Å². The molecule has 1 fully saturated rings. The van der Waals surface area contributed by atoms with Crippen molar-refractivity contribution in [3.63, 3.8) is 0 Å². The smallest absolute Gasteiger partial charge is 0.308 e. The number of hydrogen-bond acceptors (Lipinski definition) is 6. The number of nitrogens with one attached hydrogen (secondary N) is 1. The molecule has 7 heteroatoms. The highest BCUT2D eigenvalue weighted by atomic mass is 32.1. The van der Waals surface area contributed by atoms with Crippen LogP contribution in [0.4, 0.5) is 0 Å². The Labute approximate surface area is 136 Å². The number of aromatic amines is 1. The fraction of sp³-hybridized carbons (Fsp3) is 0.467. The molecule has 5 nitrogen and oxygen atoms in total. The Bertz CT molecular complexity index is 682. The van der Waals surface area contributed by atoms with Crippen molar-refractivity contribution in [3.8, 4) is 10.6 Å². The molecule has 2 aromatic rings. The first-order chi connectivity index (χ1) is 10.7. The standard InChI is InChI=1S/C15H18N2O3S2/c1-20-14(18)10-4-6-17(7-5-10)9-12-13(16-15(19)22-12)11-3-2-8-21-11/h2-3,8,10H,4-7,9H2,1H3,(H,16,19). The third-order valence-electron chi connectivity index (χ3n) is 3.98. The van der Waals surface area contributed by atoms with Gasteiger partial charge in [-0.25, -0.2) is 0 Å². The lowest BCUT2D eigenvalue weighted by molar-refractivity contribution is -0.147. The predicted octanol–water partition coefficient (Wildman–Crippen LogP) is 2.55. The molecule has 0 radical (unpaired) electrons. The van der Waals surface area contributed by atoms with Gasteiger partial charge in [-0.05, 0) is 37.4 Å². The Morgan fingerprint density at radius 3 is 2.86 bits per heavy atom. The van der Waals surface area contributed by atoms with Gasteiger partial charge in [-0.15, -0.1) is 11.3 Å². The van der Waals surface area contributed by atoms with Crippen LogP contribution in [0.15, 0.2) is 22.3 Å². The molecule has 0 aliphatic carbocycles. The summed E-state index contributed by atoms with van der Waals surface area (Å²) >= 11 is 2.91. The largest absolute Gasteiger partial charge is 0.469 e. The Morgan fingerprint density at radius 1 is 1.45 bits per heavy atom. The number of methoxy groups -OCH3 is 1. The number of piperidine rings is 1. The van der Waals surface area contributed by atoms with Crippen LogP contribution in [-0.4, -0.2) is 36.1 Å². The number of H-pyrrole nitrogens is 1. The molecule has 0 aromatic carbocycles. The van der Waals surface area contributed by atoms with Crippen molar-refractivity contribution in [2.75, 3.05) is 20.2 Å². The van der Waals surface area contributed by atoms with Gasteiger partial charge >= 0.3 is 10.8 Å². The summed E-state index contributed by atoms with van der Waals surface area (Å²) in [5.74, 6) is -0.0896. The van der Waals surface area contributed by atoms with Gasteiger partial charge in [0.05, 0.1) is 23.6 Å². The molecule has 0 saturated carbocycles. The van der Waals surface area contributed by atoms with Crippen LogP contribution in [0.5, 0.6) is 0 Å². The van der Waals surface area contributed by atoms with Gasteiger partial charge in [0.15, 0.2) is 0 Å². The summed E-state index contributed by atoms with van der Waals surface area (Å²) in [7, 11) is 1.44. The lowest BCUT2D eigenvalue weighted by Crippen LogP contribution is -2.36. The Balaban J connectivity index is 1.68. The van der Waals surface area contributed by atoms with E-state index in [1.165, 1.54) is 18.4 Å². The third-order valence-corrected chi connectivity index (χ3v) is 5.73. The summed E-state index contributed by atoms with van der Waals surface area (Å²) in [6.07, 6.45) is 1.64. The van der Waals surface area contributed by atoms with E-state index in [1.807, 2.05) is 17.5 Å². The highest BCUT2D eigenvalue weighted by Crippen LogP contribution is 2.29. The molecular formula is C15H18N2O3S2. The average Bonchev–Trinajstić information content (AvgIpc) is 3.17. The van der Waals surface area contributed by atoms with Crippen LogP contribution >= 0.6 is 22.7 Å². The molecule has 1 aliphatic rings. The van der Waals surface area contributed by atoms with E-state index in [9.17, 15) is 9.59 Å².